The van der Waals surface area contributed by atoms with E-state index in [2.05, 4.69) is 4.98 Å². The summed E-state index contributed by atoms with van der Waals surface area (Å²) in [4.78, 5) is 32.7. The summed E-state index contributed by atoms with van der Waals surface area (Å²) in [7, 11) is 0. The topological polar surface area (TPSA) is 79.7 Å². The van der Waals surface area contributed by atoms with Crippen molar-refractivity contribution < 1.29 is 19.4 Å². The number of aryl methyl sites for hydroxylation is 1. The molecule has 0 spiro atoms. The normalized spacial score (nSPS) is 17.2. The van der Waals surface area contributed by atoms with Crippen molar-refractivity contribution >= 4 is 67.3 Å². The van der Waals surface area contributed by atoms with Gasteiger partial charge in [-0.15, -0.1) is 0 Å². The summed E-state index contributed by atoms with van der Waals surface area (Å²) in [6.45, 7) is 4.33. The number of Topliss-reactive ketones (excluding diaryl/α,β-unsaturated/α-hetero) is 1. The number of rotatable bonds is 5. The van der Waals surface area contributed by atoms with E-state index in [0.717, 1.165) is 10.3 Å². The van der Waals surface area contributed by atoms with Gasteiger partial charge in [0.1, 0.15) is 11.5 Å². The summed E-state index contributed by atoms with van der Waals surface area (Å²) in [5, 5.41) is 12.2. The van der Waals surface area contributed by atoms with Crippen LogP contribution in [0.4, 0.5) is 5.13 Å². The molecule has 182 valence electrons. The number of fused-ring (bicyclic) bond motifs is 1. The first-order valence-electron chi connectivity index (χ1n) is 11.1. The highest BCUT2D eigenvalue weighted by atomic mass is 35.5. The van der Waals surface area contributed by atoms with E-state index in [4.69, 9.17) is 27.9 Å². The number of anilines is 1. The highest BCUT2D eigenvalue weighted by Crippen LogP contribution is 2.45. The number of halogens is 2. The fourth-order valence-corrected chi connectivity index (χ4v) is 5.47. The van der Waals surface area contributed by atoms with Crippen molar-refractivity contribution in [3.63, 3.8) is 0 Å². The lowest BCUT2D eigenvalue weighted by Gasteiger charge is -2.23. The third-order valence-corrected chi connectivity index (χ3v) is 7.65. The van der Waals surface area contributed by atoms with Gasteiger partial charge in [0.2, 0.25) is 0 Å². The molecule has 6 nitrogen and oxygen atoms in total. The molecule has 1 aliphatic rings. The quantitative estimate of drug-likeness (QED) is 0.169. The Morgan fingerprint density at radius 2 is 1.81 bits per heavy atom. The minimum absolute atomic E-state index is 0.0449. The van der Waals surface area contributed by atoms with Gasteiger partial charge in [0.05, 0.1) is 38.5 Å². The van der Waals surface area contributed by atoms with Crippen LogP contribution in [0.1, 0.15) is 29.7 Å². The molecule has 1 aromatic heterocycles. The third-order valence-electron chi connectivity index (χ3n) is 5.89. The Hall–Kier alpha value is -3.39. The summed E-state index contributed by atoms with van der Waals surface area (Å²) < 4.78 is 6.38. The maximum atomic E-state index is 13.4. The van der Waals surface area contributed by atoms with Crippen molar-refractivity contribution in [3.05, 3.63) is 93.0 Å². The summed E-state index contributed by atoms with van der Waals surface area (Å²) in [6, 6.07) is 16.4. The van der Waals surface area contributed by atoms with E-state index in [-0.39, 0.29) is 16.4 Å². The van der Waals surface area contributed by atoms with Crippen LogP contribution in [0, 0.1) is 6.92 Å². The number of benzene rings is 3. The number of hydrogen-bond acceptors (Lipinski definition) is 6. The van der Waals surface area contributed by atoms with Crippen LogP contribution in [0.25, 0.3) is 16.0 Å². The second-order valence-electron chi connectivity index (χ2n) is 8.27. The van der Waals surface area contributed by atoms with E-state index in [1.54, 1.807) is 42.5 Å². The van der Waals surface area contributed by atoms with Crippen LogP contribution in [-0.4, -0.2) is 28.4 Å². The number of carbonyl (C=O) groups is 2. The van der Waals surface area contributed by atoms with Gasteiger partial charge in [0.15, 0.2) is 5.13 Å². The highest BCUT2D eigenvalue weighted by Gasteiger charge is 2.48. The first-order valence-corrected chi connectivity index (χ1v) is 12.7. The zero-order chi connectivity index (χ0) is 25.6. The van der Waals surface area contributed by atoms with E-state index >= 15 is 0 Å². The molecule has 4 aromatic rings. The fourth-order valence-electron chi connectivity index (χ4n) is 4.15. The number of carbonyl (C=O) groups excluding carboxylic acids is 2. The summed E-state index contributed by atoms with van der Waals surface area (Å²) in [5.41, 5.74) is 2.55. The summed E-state index contributed by atoms with van der Waals surface area (Å²) in [5.74, 6) is -1.18. The van der Waals surface area contributed by atoms with Gasteiger partial charge in [-0.2, -0.15) is 0 Å². The van der Waals surface area contributed by atoms with Gasteiger partial charge in [-0.25, -0.2) is 4.98 Å². The molecule has 1 saturated heterocycles. The number of ketones is 1. The molecule has 3 aromatic carbocycles. The van der Waals surface area contributed by atoms with Crippen LogP contribution in [0.15, 0.2) is 66.2 Å². The SMILES string of the molecule is CCOc1ccc2nc(N3C(=O)C(=O)C(=C(O)c4ccc(C)cc4)C3c3ccc(Cl)c(Cl)c3)sc2c1. The molecule has 0 aliphatic carbocycles. The van der Waals surface area contributed by atoms with Crippen LogP contribution in [0.2, 0.25) is 10.0 Å². The van der Waals surface area contributed by atoms with Crippen LogP contribution >= 0.6 is 34.5 Å². The molecular formula is C27H20Cl2N2O4S. The number of aliphatic hydroxyl groups is 1. The number of aliphatic hydroxyl groups excluding tert-OH is 1. The Labute approximate surface area is 221 Å². The Balaban J connectivity index is 1.71. The summed E-state index contributed by atoms with van der Waals surface area (Å²) >= 11 is 13.7. The molecule has 1 amide bonds. The van der Waals surface area contributed by atoms with Gasteiger partial charge in [-0.3, -0.25) is 14.5 Å². The number of thiazole rings is 1. The van der Waals surface area contributed by atoms with Crippen molar-refractivity contribution in [2.45, 2.75) is 19.9 Å². The van der Waals surface area contributed by atoms with E-state index < -0.39 is 17.7 Å². The average Bonchev–Trinajstić information content (AvgIpc) is 3.39. The van der Waals surface area contributed by atoms with Gasteiger partial charge in [0.25, 0.3) is 5.78 Å². The minimum Gasteiger partial charge on any atom is -0.507 e. The Morgan fingerprint density at radius 3 is 2.50 bits per heavy atom. The van der Waals surface area contributed by atoms with Crippen molar-refractivity contribution in [3.8, 4) is 5.75 Å². The van der Waals surface area contributed by atoms with Gasteiger partial charge in [-0.05, 0) is 49.7 Å². The maximum absolute atomic E-state index is 13.4. The molecule has 9 heteroatoms. The number of aromatic nitrogens is 1. The largest absolute Gasteiger partial charge is 0.507 e. The number of hydrogen-bond donors (Lipinski definition) is 1. The lowest BCUT2D eigenvalue weighted by Crippen LogP contribution is -2.29. The van der Waals surface area contributed by atoms with E-state index in [1.807, 2.05) is 32.0 Å². The molecule has 1 fully saturated rings. The number of nitrogens with zero attached hydrogens (tertiary/aromatic N) is 2. The van der Waals surface area contributed by atoms with Crippen LogP contribution in [-0.2, 0) is 9.59 Å². The molecule has 1 unspecified atom stereocenters. The zero-order valence-corrected chi connectivity index (χ0v) is 21.6. The molecule has 0 bridgehead atoms. The molecule has 5 rings (SSSR count). The Kier molecular flexibility index (Phi) is 6.47. The highest BCUT2D eigenvalue weighted by molar-refractivity contribution is 7.22. The number of ether oxygens (including phenoxy) is 1. The van der Waals surface area contributed by atoms with E-state index in [1.165, 1.54) is 16.2 Å². The molecule has 36 heavy (non-hydrogen) atoms. The van der Waals surface area contributed by atoms with Gasteiger partial charge in [-0.1, -0.05) is 70.4 Å². The van der Waals surface area contributed by atoms with Crippen molar-refractivity contribution in [2.24, 2.45) is 0 Å². The third kappa shape index (κ3) is 4.23. The molecule has 1 aliphatic heterocycles. The standard InChI is InChI=1S/C27H20Cl2N2O4S/c1-3-35-17-9-11-20-21(13-17)36-27(30-20)31-23(16-8-10-18(28)19(29)12-16)22(25(33)26(31)34)24(32)15-6-4-14(2)5-7-15/h4-13,23,32H,3H2,1-2H3. The van der Waals surface area contributed by atoms with Crippen molar-refractivity contribution in [1.82, 2.24) is 4.98 Å². The maximum Gasteiger partial charge on any atom is 0.301 e. The van der Waals surface area contributed by atoms with E-state index in [9.17, 15) is 14.7 Å². The minimum atomic E-state index is -0.951. The predicted octanol–water partition coefficient (Wildman–Crippen LogP) is 6.94. The smallest absolute Gasteiger partial charge is 0.301 e. The van der Waals surface area contributed by atoms with Gasteiger partial charge >= 0.3 is 5.91 Å². The molecule has 0 saturated carbocycles. The van der Waals surface area contributed by atoms with Crippen LogP contribution < -0.4 is 9.64 Å². The van der Waals surface area contributed by atoms with Crippen LogP contribution in [0.3, 0.4) is 0 Å². The van der Waals surface area contributed by atoms with Gasteiger partial charge < -0.3 is 9.84 Å². The average molecular weight is 539 g/mol. The first kappa shape index (κ1) is 24.3. The molecule has 2 heterocycles. The van der Waals surface area contributed by atoms with Crippen molar-refractivity contribution in [2.75, 3.05) is 11.5 Å². The van der Waals surface area contributed by atoms with Crippen LogP contribution in [0.5, 0.6) is 5.75 Å². The number of amides is 1. The fraction of sp³-hybridized carbons (Fsp3) is 0.148. The molecule has 0 radical (unpaired) electrons. The second kappa shape index (κ2) is 9.58. The zero-order valence-electron chi connectivity index (χ0n) is 19.3. The molecular weight excluding hydrogens is 519 g/mol. The summed E-state index contributed by atoms with van der Waals surface area (Å²) in [6.07, 6.45) is 0. The Morgan fingerprint density at radius 1 is 1.06 bits per heavy atom. The predicted molar refractivity (Wildman–Crippen MR) is 143 cm³/mol. The first-order chi connectivity index (χ1) is 17.3. The van der Waals surface area contributed by atoms with Crippen molar-refractivity contribution in [1.29, 1.82) is 0 Å². The second-order valence-corrected chi connectivity index (χ2v) is 10.1. The molecule has 1 atom stereocenters. The van der Waals surface area contributed by atoms with E-state index in [0.29, 0.717) is 39.2 Å². The lowest BCUT2D eigenvalue weighted by atomic mass is 9.95. The lowest BCUT2D eigenvalue weighted by molar-refractivity contribution is -0.132. The Bertz CT molecular complexity index is 1550. The monoisotopic (exact) mass is 538 g/mol. The molecule has 1 N–H and O–H groups in total. The van der Waals surface area contributed by atoms with Gasteiger partial charge in [0, 0.05) is 5.56 Å².